The zero-order valence-electron chi connectivity index (χ0n) is 5.49. The average molecular weight is 153 g/mol. The summed E-state index contributed by atoms with van der Waals surface area (Å²) < 4.78 is 37.2. The topological polar surface area (TPSA) is 26.0 Å². The van der Waals surface area contributed by atoms with E-state index < -0.39 is 24.6 Å². The van der Waals surface area contributed by atoms with Crippen LogP contribution in [0.5, 0.6) is 0 Å². The minimum absolute atomic E-state index is 0.432. The number of rotatable bonds is 3. The highest BCUT2D eigenvalue weighted by Gasteiger charge is 2.47. The van der Waals surface area contributed by atoms with E-state index in [9.17, 15) is 13.2 Å². The second-order valence-electron chi connectivity index (χ2n) is 2.70. The zero-order valence-corrected chi connectivity index (χ0v) is 5.49. The monoisotopic (exact) mass is 153 g/mol. The molecule has 0 radical (unpaired) electrons. The highest BCUT2D eigenvalue weighted by Crippen LogP contribution is 2.40. The summed E-state index contributed by atoms with van der Waals surface area (Å²) in [6.45, 7) is -0.884. The van der Waals surface area contributed by atoms with E-state index in [1.54, 1.807) is 0 Å². The summed E-state index contributed by atoms with van der Waals surface area (Å²) in [6.07, 6.45) is -0.856. The molecule has 0 aromatic carbocycles. The summed E-state index contributed by atoms with van der Waals surface area (Å²) in [6, 6.07) is 0. The molecule has 10 heavy (non-hydrogen) atoms. The first-order valence-corrected chi connectivity index (χ1v) is 3.30. The molecule has 4 heteroatoms. The van der Waals surface area contributed by atoms with Crippen LogP contribution in [0.25, 0.3) is 0 Å². The van der Waals surface area contributed by atoms with Crippen molar-refractivity contribution < 1.29 is 13.2 Å². The predicted molar refractivity (Wildman–Crippen MR) is 31.6 cm³/mol. The standard InChI is InChI=1S/C6H10F3N/c7-5(4-1-2-4)6(8,9)3-10/h4-5H,1-3,10H2. The molecule has 1 saturated carbocycles. The van der Waals surface area contributed by atoms with Crippen LogP contribution in [0.15, 0.2) is 0 Å². The molecule has 1 aliphatic carbocycles. The lowest BCUT2D eigenvalue weighted by Crippen LogP contribution is -2.39. The third-order valence-corrected chi connectivity index (χ3v) is 1.71. The second-order valence-corrected chi connectivity index (χ2v) is 2.70. The van der Waals surface area contributed by atoms with E-state index in [2.05, 4.69) is 5.73 Å². The molecule has 0 aromatic heterocycles. The Morgan fingerprint density at radius 2 is 2.00 bits per heavy atom. The Morgan fingerprint density at radius 1 is 1.50 bits per heavy atom. The molecule has 1 aliphatic rings. The highest BCUT2D eigenvalue weighted by atomic mass is 19.3. The van der Waals surface area contributed by atoms with E-state index in [-0.39, 0.29) is 0 Å². The van der Waals surface area contributed by atoms with E-state index in [1.807, 2.05) is 0 Å². The summed E-state index contributed by atoms with van der Waals surface area (Å²) in [5.41, 5.74) is 4.68. The normalized spacial score (nSPS) is 22.8. The van der Waals surface area contributed by atoms with E-state index in [0.29, 0.717) is 12.8 Å². The molecule has 1 rings (SSSR count). The van der Waals surface area contributed by atoms with Crippen molar-refractivity contribution in [3.05, 3.63) is 0 Å². The first-order chi connectivity index (χ1) is 4.58. The Labute approximate surface area is 57.4 Å². The fourth-order valence-electron chi connectivity index (χ4n) is 0.846. The predicted octanol–water partition coefficient (Wildman–Crippen LogP) is 1.33. The maximum atomic E-state index is 12.5. The van der Waals surface area contributed by atoms with Gasteiger partial charge >= 0.3 is 0 Å². The molecule has 0 aliphatic heterocycles. The summed E-state index contributed by atoms with van der Waals surface area (Å²) in [5, 5.41) is 0. The number of hydrogen-bond acceptors (Lipinski definition) is 1. The van der Waals surface area contributed by atoms with Crippen molar-refractivity contribution >= 4 is 0 Å². The van der Waals surface area contributed by atoms with Crippen molar-refractivity contribution in [2.45, 2.75) is 24.9 Å². The lowest BCUT2D eigenvalue weighted by atomic mass is 10.1. The van der Waals surface area contributed by atoms with Crippen molar-refractivity contribution in [1.29, 1.82) is 0 Å². The van der Waals surface area contributed by atoms with Gasteiger partial charge in [0.05, 0.1) is 6.54 Å². The molecule has 0 amide bonds. The molecule has 0 heterocycles. The molecule has 1 atom stereocenters. The molecule has 60 valence electrons. The minimum atomic E-state index is -3.30. The molecule has 0 saturated heterocycles. The van der Waals surface area contributed by atoms with Gasteiger partial charge < -0.3 is 5.73 Å². The van der Waals surface area contributed by atoms with Crippen LogP contribution in [0.2, 0.25) is 0 Å². The van der Waals surface area contributed by atoms with E-state index in [0.717, 1.165) is 0 Å². The van der Waals surface area contributed by atoms with Gasteiger partial charge in [-0.25, -0.2) is 13.2 Å². The molecule has 1 nitrogen and oxygen atoms in total. The molecule has 0 spiro atoms. The van der Waals surface area contributed by atoms with Crippen molar-refractivity contribution in [3.8, 4) is 0 Å². The van der Waals surface area contributed by atoms with Gasteiger partial charge in [0.15, 0.2) is 6.17 Å². The summed E-state index contributed by atoms with van der Waals surface area (Å²) in [5.74, 6) is -3.74. The molecular weight excluding hydrogens is 143 g/mol. The van der Waals surface area contributed by atoms with Crippen LogP contribution in [0, 0.1) is 5.92 Å². The highest BCUT2D eigenvalue weighted by molar-refractivity contribution is 4.90. The number of alkyl halides is 3. The van der Waals surface area contributed by atoms with Crippen LogP contribution in [0.4, 0.5) is 13.2 Å². The largest absolute Gasteiger partial charge is 0.325 e. The van der Waals surface area contributed by atoms with Crippen LogP contribution in [-0.2, 0) is 0 Å². The molecule has 1 unspecified atom stereocenters. The molecule has 2 N–H and O–H groups in total. The molecule has 0 aromatic rings. The number of nitrogens with two attached hydrogens (primary N) is 1. The SMILES string of the molecule is NCC(F)(F)C(F)C1CC1. The maximum absolute atomic E-state index is 12.5. The molecule has 1 fully saturated rings. The van der Waals surface area contributed by atoms with Crippen LogP contribution in [0.3, 0.4) is 0 Å². The fraction of sp³-hybridized carbons (Fsp3) is 1.00. The van der Waals surface area contributed by atoms with Crippen molar-refractivity contribution in [3.63, 3.8) is 0 Å². The van der Waals surface area contributed by atoms with Crippen LogP contribution in [-0.4, -0.2) is 18.6 Å². The van der Waals surface area contributed by atoms with Crippen molar-refractivity contribution in [1.82, 2.24) is 0 Å². The van der Waals surface area contributed by atoms with Crippen molar-refractivity contribution in [2.75, 3.05) is 6.54 Å². The number of hydrogen-bond donors (Lipinski definition) is 1. The summed E-state index contributed by atoms with van der Waals surface area (Å²) in [4.78, 5) is 0. The number of halogens is 3. The van der Waals surface area contributed by atoms with Gasteiger partial charge in [-0.1, -0.05) is 0 Å². The zero-order chi connectivity index (χ0) is 7.78. The lowest BCUT2D eigenvalue weighted by molar-refractivity contribution is -0.0716. The van der Waals surface area contributed by atoms with Gasteiger partial charge in [0.2, 0.25) is 0 Å². The van der Waals surface area contributed by atoms with Gasteiger partial charge in [-0.15, -0.1) is 0 Å². The van der Waals surface area contributed by atoms with Gasteiger partial charge in [0.1, 0.15) is 0 Å². The van der Waals surface area contributed by atoms with Crippen molar-refractivity contribution in [2.24, 2.45) is 11.7 Å². The Kier molecular flexibility index (Phi) is 1.90. The maximum Gasteiger partial charge on any atom is 0.290 e. The van der Waals surface area contributed by atoms with Crippen LogP contribution >= 0.6 is 0 Å². The molecule has 0 bridgehead atoms. The smallest absolute Gasteiger partial charge is 0.290 e. The minimum Gasteiger partial charge on any atom is -0.325 e. The van der Waals surface area contributed by atoms with Gasteiger partial charge in [0, 0.05) is 0 Å². The quantitative estimate of drug-likeness (QED) is 0.650. The third kappa shape index (κ3) is 1.42. The third-order valence-electron chi connectivity index (χ3n) is 1.71. The van der Waals surface area contributed by atoms with Gasteiger partial charge in [-0.2, -0.15) is 0 Å². The summed E-state index contributed by atoms with van der Waals surface area (Å²) in [7, 11) is 0. The first-order valence-electron chi connectivity index (χ1n) is 3.30. The van der Waals surface area contributed by atoms with E-state index in [4.69, 9.17) is 0 Å². The first kappa shape index (κ1) is 7.85. The second kappa shape index (κ2) is 2.42. The average Bonchev–Trinajstić information content (AvgIpc) is 2.68. The van der Waals surface area contributed by atoms with Gasteiger partial charge in [-0.05, 0) is 18.8 Å². The lowest BCUT2D eigenvalue weighted by Gasteiger charge is -2.17. The Morgan fingerprint density at radius 3 is 2.30 bits per heavy atom. The van der Waals surface area contributed by atoms with E-state index >= 15 is 0 Å². The summed E-state index contributed by atoms with van der Waals surface area (Å²) >= 11 is 0. The van der Waals surface area contributed by atoms with E-state index in [1.165, 1.54) is 0 Å². The molecular formula is C6H10F3N. The van der Waals surface area contributed by atoms with Crippen LogP contribution in [0.1, 0.15) is 12.8 Å². The Balaban J connectivity index is 2.43. The fourth-order valence-corrected chi connectivity index (χ4v) is 0.846. The Hall–Kier alpha value is -0.250. The van der Waals surface area contributed by atoms with Crippen LogP contribution < -0.4 is 5.73 Å². The van der Waals surface area contributed by atoms with Gasteiger partial charge in [-0.3, -0.25) is 0 Å². The van der Waals surface area contributed by atoms with Gasteiger partial charge in [0.25, 0.3) is 5.92 Å². The Bertz CT molecular complexity index is 122.